The lowest BCUT2D eigenvalue weighted by molar-refractivity contribution is -0.137. The second kappa shape index (κ2) is 5.79. The van der Waals surface area contributed by atoms with Crippen molar-refractivity contribution in [3.05, 3.63) is 41.7 Å². The van der Waals surface area contributed by atoms with Crippen LogP contribution in [0.1, 0.15) is 17.5 Å². The van der Waals surface area contributed by atoms with E-state index in [4.69, 9.17) is 5.26 Å². The Hall–Kier alpha value is -2.60. The highest BCUT2D eigenvalue weighted by molar-refractivity contribution is 5.56. The molecule has 1 unspecified atom stereocenters. The molecule has 9 heteroatoms. The molecular weight excluding hydrogens is 323 g/mol. The molecule has 1 aliphatic rings. The number of hydrogen-bond acceptors (Lipinski definition) is 5. The zero-order chi connectivity index (χ0) is 17.4. The van der Waals surface area contributed by atoms with Crippen molar-refractivity contribution < 1.29 is 18.3 Å². The van der Waals surface area contributed by atoms with Crippen LogP contribution in [0.15, 0.2) is 30.6 Å². The number of nitrogens with zero attached hydrogens (tertiary/aromatic N) is 5. The average Bonchev–Trinajstić information content (AvgIpc) is 3.16. The van der Waals surface area contributed by atoms with Gasteiger partial charge in [-0.2, -0.15) is 18.4 Å². The van der Waals surface area contributed by atoms with Crippen LogP contribution >= 0.6 is 0 Å². The number of aliphatic hydroxyl groups is 1. The minimum Gasteiger partial charge on any atom is -0.386 e. The summed E-state index contributed by atoms with van der Waals surface area (Å²) in [4.78, 5) is 1.76. The van der Waals surface area contributed by atoms with Gasteiger partial charge in [0.2, 0.25) is 0 Å². The van der Waals surface area contributed by atoms with E-state index in [1.165, 1.54) is 23.0 Å². The number of anilines is 1. The molecule has 0 spiro atoms. The van der Waals surface area contributed by atoms with Crippen molar-refractivity contribution in [2.75, 3.05) is 18.0 Å². The first kappa shape index (κ1) is 16.3. The maximum absolute atomic E-state index is 12.9. The van der Waals surface area contributed by atoms with Crippen LogP contribution in [0.25, 0.3) is 0 Å². The minimum atomic E-state index is -4.57. The highest BCUT2D eigenvalue weighted by Crippen LogP contribution is 2.35. The van der Waals surface area contributed by atoms with Crippen LogP contribution in [0, 0.1) is 11.3 Å². The minimum absolute atomic E-state index is 0.239. The molecule has 0 bridgehead atoms. The van der Waals surface area contributed by atoms with Gasteiger partial charge in [-0.3, -0.25) is 0 Å². The van der Waals surface area contributed by atoms with Crippen LogP contribution in [0.5, 0.6) is 0 Å². The van der Waals surface area contributed by atoms with Crippen LogP contribution < -0.4 is 4.90 Å². The third-order valence-corrected chi connectivity index (χ3v) is 4.05. The summed E-state index contributed by atoms with van der Waals surface area (Å²) in [7, 11) is 0. The number of β-amino-alcohol motifs (C(OH)–C–C–N with tert-alkyl or cyclic N) is 1. The van der Waals surface area contributed by atoms with Gasteiger partial charge < -0.3 is 10.0 Å². The zero-order valence-electron chi connectivity index (χ0n) is 12.5. The van der Waals surface area contributed by atoms with Gasteiger partial charge in [0.15, 0.2) is 0 Å². The van der Waals surface area contributed by atoms with Crippen LogP contribution in [0.4, 0.5) is 18.9 Å². The molecule has 1 N–H and O–H groups in total. The average molecular weight is 337 g/mol. The molecular formula is C15H14F3N5O. The molecule has 0 amide bonds. The number of alkyl halides is 3. The van der Waals surface area contributed by atoms with E-state index in [1.807, 2.05) is 0 Å². The van der Waals surface area contributed by atoms with Crippen molar-refractivity contribution in [3.63, 3.8) is 0 Å². The number of aromatic nitrogens is 3. The third-order valence-electron chi connectivity index (χ3n) is 4.05. The van der Waals surface area contributed by atoms with Crippen molar-refractivity contribution >= 4 is 5.69 Å². The van der Waals surface area contributed by atoms with E-state index in [2.05, 4.69) is 10.3 Å². The number of nitriles is 1. The highest BCUT2D eigenvalue weighted by Gasteiger charge is 2.38. The fourth-order valence-electron chi connectivity index (χ4n) is 2.89. The van der Waals surface area contributed by atoms with Crippen LogP contribution in [-0.2, 0) is 12.7 Å². The number of rotatable bonds is 3. The van der Waals surface area contributed by atoms with Crippen molar-refractivity contribution in [2.24, 2.45) is 0 Å². The lowest BCUT2D eigenvalue weighted by atomic mass is 10.0. The smallest absolute Gasteiger partial charge is 0.386 e. The number of benzene rings is 1. The summed E-state index contributed by atoms with van der Waals surface area (Å²) in [5.41, 5.74) is -1.95. The quantitative estimate of drug-likeness (QED) is 0.924. The predicted octanol–water partition coefficient (Wildman–Crippen LogP) is 1.81. The summed E-state index contributed by atoms with van der Waals surface area (Å²) in [6, 6.07) is 5.03. The highest BCUT2D eigenvalue weighted by atomic mass is 19.4. The van der Waals surface area contributed by atoms with Gasteiger partial charge in [-0.25, -0.2) is 4.68 Å². The fourth-order valence-corrected chi connectivity index (χ4v) is 2.89. The summed E-state index contributed by atoms with van der Waals surface area (Å²) >= 11 is 0. The molecule has 0 saturated carbocycles. The first-order chi connectivity index (χ1) is 11.3. The molecule has 1 atom stereocenters. The van der Waals surface area contributed by atoms with E-state index >= 15 is 0 Å². The molecule has 1 aromatic carbocycles. The molecule has 1 aliphatic heterocycles. The Morgan fingerprint density at radius 1 is 1.38 bits per heavy atom. The lowest BCUT2D eigenvalue weighted by Crippen LogP contribution is -2.37. The monoisotopic (exact) mass is 337 g/mol. The van der Waals surface area contributed by atoms with Gasteiger partial charge in [-0.05, 0) is 24.6 Å². The fraction of sp³-hybridized carbons (Fsp3) is 0.400. The van der Waals surface area contributed by atoms with Crippen LogP contribution in [0.2, 0.25) is 0 Å². The Morgan fingerprint density at radius 3 is 2.79 bits per heavy atom. The Bertz CT molecular complexity index is 768. The summed E-state index contributed by atoms with van der Waals surface area (Å²) in [6.07, 6.45) is -0.990. The molecule has 2 aromatic rings. The summed E-state index contributed by atoms with van der Waals surface area (Å²) in [5, 5.41) is 27.1. The molecule has 24 heavy (non-hydrogen) atoms. The van der Waals surface area contributed by atoms with Gasteiger partial charge in [-0.1, -0.05) is 5.21 Å². The molecule has 126 valence electrons. The number of halogens is 3. The summed E-state index contributed by atoms with van der Waals surface area (Å²) in [6.45, 7) is 0.958. The van der Waals surface area contributed by atoms with E-state index in [0.29, 0.717) is 18.7 Å². The van der Waals surface area contributed by atoms with Gasteiger partial charge in [-0.15, -0.1) is 5.10 Å². The Kier molecular flexibility index (Phi) is 3.93. The molecule has 0 radical (unpaired) electrons. The standard InChI is InChI=1S/C15H14F3N5O/c16-15(17,18)13-2-1-12(7-11(13)8-19)22-5-3-14(24,9-22)10-23-6-4-20-21-23/h1-2,4,6-7,24H,3,5,9-10H2. The van der Waals surface area contributed by atoms with E-state index in [9.17, 15) is 18.3 Å². The van der Waals surface area contributed by atoms with Crippen LogP contribution in [-0.4, -0.2) is 38.8 Å². The molecule has 1 fully saturated rings. The van der Waals surface area contributed by atoms with E-state index in [1.54, 1.807) is 17.2 Å². The van der Waals surface area contributed by atoms with E-state index in [-0.39, 0.29) is 13.1 Å². The van der Waals surface area contributed by atoms with Gasteiger partial charge in [0.05, 0.1) is 29.9 Å². The van der Waals surface area contributed by atoms with E-state index < -0.39 is 22.9 Å². The Balaban J connectivity index is 1.80. The third kappa shape index (κ3) is 3.19. The molecule has 2 heterocycles. The maximum atomic E-state index is 12.9. The molecule has 3 rings (SSSR count). The van der Waals surface area contributed by atoms with Gasteiger partial charge in [0.1, 0.15) is 5.60 Å². The molecule has 1 aromatic heterocycles. The molecule has 6 nitrogen and oxygen atoms in total. The topological polar surface area (TPSA) is 78.0 Å². The molecule has 1 saturated heterocycles. The van der Waals surface area contributed by atoms with Gasteiger partial charge in [0.25, 0.3) is 0 Å². The second-order valence-electron chi connectivity index (χ2n) is 5.84. The van der Waals surface area contributed by atoms with Crippen molar-refractivity contribution in [1.82, 2.24) is 15.0 Å². The zero-order valence-corrected chi connectivity index (χ0v) is 12.5. The second-order valence-corrected chi connectivity index (χ2v) is 5.84. The largest absolute Gasteiger partial charge is 0.417 e. The van der Waals surface area contributed by atoms with Gasteiger partial charge in [0, 0.05) is 25.0 Å². The Labute approximate surface area is 135 Å². The van der Waals surface area contributed by atoms with Gasteiger partial charge >= 0.3 is 6.18 Å². The molecule has 0 aliphatic carbocycles. The maximum Gasteiger partial charge on any atom is 0.417 e. The van der Waals surface area contributed by atoms with Crippen LogP contribution in [0.3, 0.4) is 0 Å². The number of hydrogen-bond donors (Lipinski definition) is 1. The first-order valence-corrected chi connectivity index (χ1v) is 7.23. The lowest BCUT2D eigenvalue weighted by Gasteiger charge is -2.24. The van der Waals surface area contributed by atoms with Crippen molar-refractivity contribution in [2.45, 2.75) is 24.7 Å². The Morgan fingerprint density at radius 2 is 2.17 bits per heavy atom. The normalized spacial score (nSPS) is 21.0. The summed E-state index contributed by atoms with van der Waals surface area (Å²) in [5.74, 6) is 0. The van der Waals surface area contributed by atoms with Crippen molar-refractivity contribution in [3.8, 4) is 6.07 Å². The summed E-state index contributed by atoms with van der Waals surface area (Å²) < 4.78 is 40.1. The first-order valence-electron chi connectivity index (χ1n) is 7.23. The van der Waals surface area contributed by atoms with Crippen molar-refractivity contribution in [1.29, 1.82) is 5.26 Å². The SMILES string of the molecule is N#Cc1cc(N2CCC(O)(Cn3ccnn3)C2)ccc1C(F)(F)F. The van der Waals surface area contributed by atoms with E-state index in [0.717, 1.165) is 6.07 Å². The predicted molar refractivity (Wildman–Crippen MR) is 78.0 cm³/mol.